The maximum atomic E-state index is 13.8. The minimum absolute atomic E-state index is 0.0689. The van der Waals surface area contributed by atoms with Gasteiger partial charge in [-0.15, -0.1) is 0 Å². The average Bonchev–Trinajstić information content (AvgIpc) is 2.92. The second-order valence-electron chi connectivity index (χ2n) is 9.29. The van der Waals surface area contributed by atoms with Gasteiger partial charge in [0.25, 0.3) is 5.91 Å². The molecule has 6 nitrogen and oxygen atoms in total. The van der Waals surface area contributed by atoms with Crippen molar-refractivity contribution >= 4 is 17.5 Å². The lowest BCUT2D eigenvalue weighted by molar-refractivity contribution is -0.129. The van der Waals surface area contributed by atoms with E-state index in [4.69, 9.17) is 4.74 Å². The molecule has 1 fully saturated rings. The zero-order chi connectivity index (χ0) is 24.0. The Kier molecular flexibility index (Phi) is 7.09. The van der Waals surface area contributed by atoms with E-state index in [-0.39, 0.29) is 24.3 Å². The Morgan fingerprint density at radius 1 is 0.857 bits per heavy atom. The van der Waals surface area contributed by atoms with Gasteiger partial charge in [-0.05, 0) is 42.6 Å². The Balaban J connectivity index is 1.28. The lowest BCUT2D eigenvalue weighted by Gasteiger charge is -2.38. The molecule has 2 aliphatic rings. The highest BCUT2D eigenvalue weighted by atomic mass is 16.5. The van der Waals surface area contributed by atoms with Gasteiger partial charge in [-0.2, -0.15) is 0 Å². The summed E-state index contributed by atoms with van der Waals surface area (Å²) in [6.45, 7) is 3.19. The van der Waals surface area contributed by atoms with Crippen LogP contribution >= 0.6 is 0 Å². The molecule has 1 saturated heterocycles. The molecule has 2 atom stereocenters. The smallest absolute Gasteiger partial charge is 0.263 e. The summed E-state index contributed by atoms with van der Waals surface area (Å²) in [5.74, 6) is 0.324. The van der Waals surface area contributed by atoms with Gasteiger partial charge in [0.1, 0.15) is 5.75 Å². The van der Waals surface area contributed by atoms with Gasteiger partial charge >= 0.3 is 0 Å². The summed E-state index contributed by atoms with van der Waals surface area (Å²) in [7, 11) is 0. The number of ether oxygens (including phenoxy) is 1. The number of nitrogens with one attached hydrogen (secondary N) is 1. The first-order valence-corrected chi connectivity index (χ1v) is 12.3. The Hall–Kier alpha value is -3.64. The summed E-state index contributed by atoms with van der Waals surface area (Å²) in [5, 5.41) is 2.96. The van der Waals surface area contributed by atoms with E-state index in [1.807, 2.05) is 60.7 Å². The van der Waals surface area contributed by atoms with Crippen molar-refractivity contribution in [3.05, 3.63) is 96.1 Å². The molecule has 2 heterocycles. The number of amides is 2. The summed E-state index contributed by atoms with van der Waals surface area (Å²) in [6.07, 6.45) is 1.09. The van der Waals surface area contributed by atoms with Gasteiger partial charge in [-0.3, -0.25) is 14.5 Å². The minimum Gasteiger partial charge on any atom is -0.477 e. The van der Waals surface area contributed by atoms with Gasteiger partial charge in [0.05, 0.1) is 18.2 Å². The lowest BCUT2D eigenvalue weighted by atomic mass is 9.95. The van der Waals surface area contributed by atoms with E-state index in [1.165, 1.54) is 5.56 Å². The molecule has 6 heteroatoms. The highest BCUT2D eigenvalue weighted by molar-refractivity contribution is 5.98. The summed E-state index contributed by atoms with van der Waals surface area (Å²) in [5.41, 5.74) is 3.02. The average molecular weight is 470 g/mol. The fourth-order valence-corrected chi connectivity index (χ4v) is 4.94. The molecule has 2 aliphatic heterocycles. The Morgan fingerprint density at radius 3 is 2.31 bits per heavy atom. The van der Waals surface area contributed by atoms with E-state index in [9.17, 15) is 9.59 Å². The maximum Gasteiger partial charge on any atom is 0.263 e. The SMILES string of the molecule is O=C(NCc1ccccc1)[C@@H]1CN(C(=O)[C@@H]2CCCN(Cc3ccccc3)C2)c2ccccc2O1. The third-order valence-corrected chi connectivity index (χ3v) is 6.75. The van der Waals surface area contributed by atoms with Crippen molar-refractivity contribution in [2.45, 2.75) is 32.0 Å². The first-order chi connectivity index (χ1) is 17.2. The molecule has 0 radical (unpaired) electrons. The fraction of sp³-hybridized carbons (Fsp3) is 0.310. The van der Waals surface area contributed by atoms with Crippen molar-refractivity contribution < 1.29 is 14.3 Å². The number of hydrogen-bond acceptors (Lipinski definition) is 4. The second-order valence-corrected chi connectivity index (χ2v) is 9.29. The largest absolute Gasteiger partial charge is 0.477 e. The number of para-hydroxylation sites is 2. The van der Waals surface area contributed by atoms with E-state index >= 15 is 0 Å². The van der Waals surface area contributed by atoms with Crippen molar-refractivity contribution in [3.8, 4) is 5.75 Å². The third-order valence-electron chi connectivity index (χ3n) is 6.75. The van der Waals surface area contributed by atoms with Crippen molar-refractivity contribution in [1.82, 2.24) is 10.2 Å². The summed E-state index contributed by atoms with van der Waals surface area (Å²) in [6, 6.07) is 27.7. The van der Waals surface area contributed by atoms with Gasteiger partial charge in [-0.1, -0.05) is 72.8 Å². The molecule has 0 aliphatic carbocycles. The van der Waals surface area contributed by atoms with Crippen LogP contribution in [0.4, 0.5) is 5.69 Å². The van der Waals surface area contributed by atoms with Crippen LogP contribution in [0.5, 0.6) is 5.75 Å². The number of anilines is 1. The van der Waals surface area contributed by atoms with Crippen molar-refractivity contribution in [1.29, 1.82) is 0 Å². The van der Waals surface area contributed by atoms with Crippen LogP contribution in [-0.4, -0.2) is 42.5 Å². The summed E-state index contributed by atoms with van der Waals surface area (Å²) >= 11 is 0. The number of rotatable bonds is 6. The van der Waals surface area contributed by atoms with Crippen LogP contribution in [0.25, 0.3) is 0 Å². The quantitative estimate of drug-likeness (QED) is 0.593. The molecule has 3 aromatic carbocycles. The predicted molar refractivity (Wildman–Crippen MR) is 136 cm³/mol. The topological polar surface area (TPSA) is 61.9 Å². The van der Waals surface area contributed by atoms with Gasteiger partial charge in [0.15, 0.2) is 6.10 Å². The van der Waals surface area contributed by atoms with Crippen molar-refractivity contribution in [2.75, 3.05) is 24.5 Å². The van der Waals surface area contributed by atoms with Gasteiger partial charge < -0.3 is 15.0 Å². The number of fused-ring (bicyclic) bond motifs is 1. The normalized spacial score (nSPS) is 19.9. The molecule has 35 heavy (non-hydrogen) atoms. The number of piperidine rings is 1. The molecular formula is C29H31N3O3. The Labute approximate surface area is 206 Å². The maximum absolute atomic E-state index is 13.8. The first kappa shape index (κ1) is 23.1. The Morgan fingerprint density at radius 2 is 1.54 bits per heavy atom. The summed E-state index contributed by atoms with van der Waals surface area (Å²) < 4.78 is 6.03. The van der Waals surface area contributed by atoms with E-state index in [0.717, 1.165) is 43.7 Å². The zero-order valence-corrected chi connectivity index (χ0v) is 19.8. The minimum atomic E-state index is -0.749. The van der Waals surface area contributed by atoms with Crippen LogP contribution in [0.1, 0.15) is 24.0 Å². The molecule has 0 saturated carbocycles. The van der Waals surface area contributed by atoms with E-state index in [2.05, 4.69) is 34.5 Å². The number of carbonyl (C=O) groups excluding carboxylic acids is 2. The van der Waals surface area contributed by atoms with Crippen molar-refractivity contribution in [3.63, 3.8) is 0 Å². The predicted octanol–water partition coefficient (Wildman–Crippen LogP) is 4.01. The molecule has 0 bridgehead atoms. The Bertz CT molecular complexity index is 1150. The third kappa shape index (κ3) is 5.54. The number of likely N-dealkylation sites (tertiary alicyclic amines) is 1. The van der Waals surface area contributed by atoms with Crippen molar-refractivity contribution in [2.24, 2.45) is 5.92 Å². The van der Waals surface area contributed by atoms with Crippen LogP contribution in [0.3, 0.4) is 0 Å². The zero-order valence-electron chi connectivity index (χ0n) is 19.8. The lowest BCUT2D eigenvalue weighted by Crippen LogP contribution is -2.53. The number of hydrogen-bond donors (Lipinski definition) is 1. The first-order valence-electron chi connectivity index (χ1n) is 12.3. The molecule has 0 aromatic heterocycles. The molecule has 3 aromatic rings. The molecule has 1 N–H and O–H groups in total. The molecule has 5 rings (SSSR count). The monoisotopic (exact) mass is 469 g/mol. The van der Waals surface area contributed by atoms with Crippen LogP contribution in [0.15, 0.2) is 84.9 Å². The summed E-state index contributed by atoms with van der Waals surface area (Å²) in [4.78, 5) is 30.9. The standard InChI is InChI=1S/C29H31N3O3/c33-28(30-18-22-10-3-1-4-11-22)27-21-32(25-15-7-8-16-26(25)35-27)29(34)24-14-9-17-31(20-24)19-23-12-5-2-6-13-23/h1-8,10-13,15-16,24,27H,9,14,17-21H2,(H,30,33)/t24-,27+/m1/s1. The molecule has 180 valence electrons. The molecular weight excluding hydrogens is 438 g/mol. The second kappa shape index (κ2) is 10.7. The fourth-order valence-electron chi connectivity index (χ4n) is 4.94. The van der Waals surface area contributed by atoms with E-state index in [1.54, 1.807) is 4.90 Å². The van der Waals surface area contributed by atoms with Crippen LogP contribution in [-0.2, 0) is 22.7 Å². The van der Waals surface area contributed by atoms with E-state index < -0.39 is 6.10 Å². The van der Waals surface area contributed by atoms with Crippen LogP contribution in [0, 0.1) is 5.92 Å². The number of benzene rings is 3. The number of nitrogens with zero attached hydrogens (tertiary/aromatic N) is 2. The molecule has 2 amide bonds. The highest BCUT2D eigenvalue weighted by Gasteiger charge is 2.37. The van der Waals surface area contributed by atoms with Gasteiger partial charge in [0, 0.05) is 19.6 Å². The highest BCUT2D eigenvalue weighted by Crippen LogP contribution is 2.35. The van der Waals surface area contributed by atoms with Crippen LogP contribution in [0.2, 0.25) is 0 Å². The van der Waals surface area contributed by atoms with E-state index in [0.29, 0.717) is 12.3 Å². The number of carbonyl (C=O) groups is 2. The van der Waals surface area contributed by atoms with Gasteiger partial charge in [0.2, 0.25) is 5.91 Å². The van der Waals surface area contributed by atoms with Crippen LogP contribution < -0.4 is 15.0 Å². The molecule has 0 unspecified atom stereocenters. The van der Waals surface area contributed by atoms with Gasteiger partial charge in [-0.25, -0.2) is 0 Å². The molecule has 0 spiro atoms.